The highest BCUT2D eigenvalue weighted by Crippen LogP contribution is 2.20. The van der Waals surface area contributed by atoms with Crippen LogP contribution in [0.4, 0.5) is 4.39 Å². The highest BCUT2D eigenvalue weighted by atomic mass is 19.1. The number of benzene rings is 1. The van der Waals surface area contributed by atoms with Gasteiger partial charge < -0.3 is 9.84 Å². The summed E-state index contributed by atoms with van der Waals surface area (Å²) in [7, 11) is 1.38. The van der Waals surface area contributed by atoms with Crippen molar-refractivity contribution in [2.45, 2.75) is 6.42 Å². The van der Waals surface area contributed by atoms with Gasteiger partial charge in [-0.25, -0.2) is 9.07 Å². The Hall–Kier alpha value is -2.37. The van der Waals surface area contributed by atoms with Gasteiger partial charge in [0.15, 0.2) is 11.6 Å². The number of carboxylic acid groups (broad SMARTS) is 1. The summed E-state index contributed by atoms with van der Waals surface area (Å²) in [5, 5.41) is 12.7. The molecule has 0 saturated heterocycles. The van der Waals surface area contributed by atoms with Gasteiger partial charge in [0.1, 0.15) is 0 Å². The molecule has 18 heavy (non-hydrogen) atoms. The number of hydrogen-bond donors (Lipinski definition) is 1. The monoisotopic (exact) mass is 250 g/mol. The minimum atomic E-state index is -0.947. The standard InChI is InChI=1S/C12H11FN2O3/c1-18-11-7-9(2-3-10(11)13)15-5-4-8(14-15)6-12(16)17/h2-5,7H,6H2,1H3,(H,16,17). The van der Waals surface area contributed by atoms with Crippen molar-refractivity contribution >= 4 is 5.97 Å². The molecule has 0 fully saturated rings. The molecule has 94 valence electrons. The lowest BCUT2D eigenvalue weighted by atomic mass is 10.3. The van der Waals surface area contributed by atoms with Crippen LogP contribution in [0.3, 0.4) is 0 Å². The van der Waals surface area contributed by atoms with E-state index in [-0.39, 0.29) is 12.2 Å². The fraction of sp³-hybridized carbons (Fsp3) is 0.167. The van der Waals surface area contributed by atoms with Crippen LogP contribution in [0.1, 0.15) is 5.69 Å². The highest BCUT2D eigenvalue weighted by Gasteiger charge is 2.08. The van der Waals surface area contributed by atoms with Gasteiger partial charge in [-0.1, -0.05) is 0 Å². The molecule has 5 nitrogen and oxygen atoms in total. The maximum atomic E-state index is 13.2. The number of nitrogens with zero attached hydrogens (tertiary/aromatic N) is 2. The summed E-state index contributed by atoms with van der Waals surface area (Å²) in [6.07, 6.45) is 1.47. The summed E-state index contributed by atoms with van der Waals surface area (Å²) in [5.41, 5.74) is 1.04. The van der Waals surface area contributed by atoms with Crippen molar-refractivity contribution in [3.8, 4) is 11.4 Å². The Bertz CT molecular complexity index is 580. The van der Waals surface area contributed by atoms with Crippen LogP contribution in [0.15, 0.2) is 30.5 Å². The molecule has 0 aliphatic rings. The number of ether oxygens (including phenoxy) is 1. The van der Waals surface area contributed by atoms with Crippen molar-refractivity contribution in [1.82, 2.24) is 9.78 Å². The third-order valence-corrected chi connectivity index (χ3v) is 2.38. The largest absolute Gasteiger partial charge is 0.494 e. The predicted octanol–water partition coefficient (Wildman–Crippen LogP) is 1.65. The number of methoxy groups -OCH3 is 1. The molecule has 1 aromatic heterocycles. The van der Waals surface area contributed by atoms with Crippen LogP contribution >= 0.6 is 0 Å². The Morgan fingerprint density at radius 2 is 2.28 bits per heavy atom. The first kappa shape index (κ1) is 12.1. The molecule has 1 heterocycles. The Morgan fingerprint density at radius 3 is 2.94 bits per heavy atom. The van der Waals surface area contributed by atoms with Crippen LogP contribution in [-0.2, 0) is 11.2 Å². The number of hydrogen-bond acceptors (Lipinski definition) is 3. The van der Waals surface area contributed by atoms with Gasteiger partial charge >= 0.3 is 5.97 Å². The Balaban J connectivity index is 2.31. The maximum absolute atomic E-state index is 13.2. The molecule has 0 bridgehead atoms. The molecule has 0 saturated carbocycles. The van der Waals surface area contributed by atoms with Gasteiger partial charge in [0, 0.05) is 12.3 Å². The summed E-state index contributed by atoms with van der Waals surface area (Å²) in [6, 6.07) is 5.90. The zero-order valence-corrected chi connectivity index (χ0v) is 9.63. The topological polar surface area (TPSA) is 64.3 Å². The van der Waals surface area contributed by atoms with Gasteiger partial charge in [-0.3, -0.25) is 4.79 Å². The molecule has 0 spiro atoms. The molecule has 0 amide bonds. The molecule has 2 rings (SSSR count). The first-order valence-electron chi connectivity index (χ1n) is 5.20. The molecule has 1 aromatic carbocycles. The van der Waals surface area contributed by atoms with Crippen LogP contribution in [-0.4, -0.2) is 28.0 Å². The van der Waals surface area contributed by atoms with E-state index in [4.69, 9.17) is 9.84 Å². The van der Waals surface area contributed by atoms with E-state index in [9.17, 15) is 9.18 Å². The van der Waals surface area contributed by atoms with Crippen molar-refractivity contribution in [2.24, 2.45) is 0 Å². The molecule has 6 heteroatoms. The summed E-state index contributed by atoms with van der Waals surface area (Å²) in [5.74, 6) is -1.29. The molecule has 0 aliphatic heterocycles. The van der Waals surface area contributed by atoms with Crippen molar-refractivity contribution in [1.29, 1.82) is 0 Å². The minimum absolute atomic E-state index is 0.114. The van der Waals surface area contributed by atoms with Gasteiger partial charge in [0.05, 0.1) is 24.9 Å². The third kappa shape index (κ3) is 2.48. The van der Waals surface area contributed by atoms with Crippen molar-refractivity contribution in [2.75, 3.05) is 7.11 Å². The number of aliphatic carboxylic acids is 1. The second-order valence-electron chi connectivity index (χ2n) is 3.64. The van der Waals surface area contributed by atoms with E-state index < -0.39 is 11.8 Å². The summed E-state index contributed by atoms with van der Waals surface area (Å²) < 4.78 is 19.6. The number of carboxylic acids is 1. The average Bonchev–Trinajstić information content (AvgIpc) is 2.77. The van der Waals surface area contributed by atoms with E-state index in [1.54, 1.807) is 12.3 Å². The van der Waals surface area contributed by atoms with Crippen molar-refractivity contribution in [3.63, 3.8) is 0 Å². The van der Waals surface area contributed by atoms with Gasteiger partial charge in [0.25, 0.3) is 0 Å². The minimum Gasteiger partial charge on any atom is -0.494 e. The number of rotatable bonds is 4. The summed E-state index contributed by atoms with van der Waals surface area (Å²) in [4.78, 5) is 10.5. The molecular weight excluding hydrogens is 239 g/mol. The first-order chi connectivity index (χ1) is 8.60. The predicted molar refractivity (Wildman–Crippen MR) is 61.4 cm³/mol. The molecule has 0 atom stereocenters. The lowest BCUT2D eigenvalue weighted by molar-refractivity contribution is -0.136. The Morgan fingerprint density at radius 1 is 1.50 bits per heavy atom. The fourth-order valence-electron chi connectivity index (χ4n) is 1.55. The fourth-order valence-corrected chi connectivity index (χ4v) is 1.55. The van der Waals surface area contributed by atoms with Crippen LogP contribution in [0.5, 0.6) is 5.75 Å². The number of carbonyl (C=O) groups is 1. The normalized spacial score (nSPS) is 10.3. The van der Waals surface area contributed by atoms with Gasteiger partial charge in [-0.2, -0.15) is 5.10 Å². The van der Waals surface area contributed by atoms with E-state index in [0.29, 0.717) is 11.4 Å². The zero-order valence-electron chi connectivity index (χ0n) is 9.63. The van der Waals surface area contributed by atoms with Crippen LogP contribution < -0.4 is 4.74 Å². The molecule has 0 aliphatic carbocycles. The van der Waals surface area contributed by atoms with Crippen LogP contribution in [0.25, 0.3) is 5.69 Å². The number of aromatic nitrogens is 2. The van der Waals surface area contributed by atoms with Gasteiger partial charge in [0.2, 0.25) is 0 Å². The molecule has 0 unspecified atom stereocenters. The van der Waals surface area contributed by atoms with E-state index in [1.165, 1.54) is 30.0 Å². The third-order valence-electron chi connectivity index (χ3n) is 2.38. The van der Waals surface area contributed by atoms with Crippen LogP contribution in [0.2, 0.25) is 0 Å². The quantitative estimate of drug-likeness (QED) is 0.896. The first-order valence-corrected chi connectivity index (χ1v) is 5.20. The smallest absolute Gasteiger partial charge is 0.309 e. The van der Waals surface area contributed by atoms with Crippen molar-refractivity contribution < 1.29 is 19.0 Å². The maximum Gasteiger partial charge on any atom is 0.309 e. The molecule has 1 N–H and O–H groups in total. The van der Waals surface area contributed by atoms with E-state index in [2.05, 4.69) is 5.10 Å². The van der Waals surface area contributed by atoms with Gasteiger partial charge in [-0.05, 0) is 18.2 Å². The molecule has 0 radical (unpaired) electrons. The van der Waals surface area contributed by atoms with Crippen LogP contribution in [0, 0.1) is 5.82 Å². The second-order valence-corrected chi connectivity index (χ2v) is 3.64. The van der Waals surface area contributed by atoms with E-state index in [0.717, 1.165) is 0 Å². The van der Waals surface area contributed by atoms with Crippen molar-refractivity contribution in [3.05, 3.63) is 42.0 Å². The van der Waals surface area contributed by atoms with Gasteiger partial charge in [-0.15, -0.1) is 0 Å². The summed E-state index contributed by atoms with van der Waals surface area (Å²) >= 11 is 0. The second kappa shape index (κ2) is 4.87. The van der Waals surface area contributed by atoms with E-state index >= 15 is 0 Å². The highest BCUT2D eigenvalue weighted by molar-refractivity contribution is 5.69. The average molecular weight is 250 g/mol. The lowest BCUT2D eigenvalue weighted by Gasteiger charge is -2.05. The van der Waals surface area contributed by atoms with E-state index in [1.807, 2.05) is 0 Å². The summed E-state index contributed by atoms with van der Waals surface area (Å²) in [6.45, 7) is 0. The zero-order chi connectivity index (χ0) is 13.1. The SMILES string of the molecule is COc1cc(-n2ccc(CC(=O)O)n2)ccc1F. The lowest BCUT2D eigenvalue weighted by Crippen LogP contribution is -2.02. The molecule has 2 aromatic rings. The Kier molecular flexibility index (Phi) is 3.27. The Labute approximate surface area is 102 Å². The molecular formula is C12H11FN2O3. The number of halogens is 1.